The predicted molar refractivity (Wildman–Crippen MR) is 97.6 cm³/mol. The molecule has 0 aliphatic rings. The molecule has 2 heterocycles. The van der Waals surface area contributed by atoms with Gasteiger partial charge >= 0.3 is 5.97 Å². The van der Waals surface area contributed by atoms with E-state index < -0.39 is 5.97 Å². The summed E-state index contributed by atoms with van der Waals surface area (Å²) in [6.07, 6.45) is 1.84. The van der Waals surface area contributed by atoms with Gasteiger partial charge in [0.15, 0.2) is 0 Å². The Morgan fingerprint density at radius 3 is 2.38 bits per heavy atom. The molecule has 3 rings (SSSR count). The van der Waals surface area contributed by atoms with Crippen molar-refractivity contribution in [2.45, 2.75) is 5.03 Å². The summed E-state index contributed by atoms with van der Waals surface area (Å²) < 4.78 is 1.58. The Kier molecular flexibility index (Phi) is 4.47. The summed E-state index contributed by atoms with van der Waals surface area (Å²) in [5.41, 5.74) is 3.96. The Labute approximate surface area is 148 Å². The van der Waals surface area contributed by atoms with Crippen LogP contribution >= 0.6 is 23.1 Å². The molecule has 0 amide bonds. The van der Waals surface area contributed by atoms with Crippen molar-refractivity contribution in [1.82, 2.24) is 4.57 Å². The first-order chi connectivity index (χ1) is 11.6. The Bertz CT molecular complexity index is 933. The van der Waals surface area contributed by atoms with Crippen LogP contribution < -0.4 is 0 Å². The third kappa shape index (κ3) is 2.62. The molecule has 1 N–H and O–H groups in total. The second-order valence-electron chi connectivity index (χ2n) is 5.17. The van der Waals surface area contributed by atoms with Gasteiger partial charge in [-0.3, -0.25) is 0 Å². The third-order valence-corrected chi connectivity index (χ3v) is 5.42. The van der Waals surface area contributed by atoms with E-state index in [2.05, 4.69) is 11.4 Å². The molecule has 120 valence electrons. The fraction of sp³-hybridized carbons (Fsp3) is 0.111. The van der Waals surface area contributed by atoms with Gasteiger partial charge in [-0.25, -0.2) is 4.79 Å². The highest BCUT2D eigenvalue weighted by Crippen LogP contribution is 2.37. The summed E-state index contributed by atoms with van der Waals surface area (Å²) in [5, 5.41) is 23.9. The van der Waals surface area contributed by atoms with E-state index in [1.54, 1.807) is 23.0 Å². The summed E-state index contributed by atoms with van der Waals surface area (Å²) in [7, 11) is 1.68. The number of carbonyl (C=O) groups is 1. The van der Waals surface area contributed by atoms with Crippen LogP contribution in [-0.4, -0.2) is 21.9 Å². The summed E-state index contributed by atoms with van der Waals surface area (Å²) in [4.78, 5) is 11.7. The number of nitriles is 1. The van der Waals surface area contributed by atoms with Gasteiger partial charge in [0.05, 0.1) is 10.6 Å². The van der Waals surface area contributed by atoms with Gasteiger partial charge in [-0.2, -0.15) is 16.6 Å². The fourth-order valence-electron chi connectivity index (χ4n) is 2.79. The maximum Gasteiger partial charge on any atom is 0.353 e. The van der Waals surface area contributed by atoms with Crippen molar-refractivity contribution >= 4 is 29.1 Å². The van der Waals surface area contributed by atoms with E-state index in [1.165, 1.54) is 11.8 Å². The number of carboxylic acid groups (broad SMARTS) is 1. The number of carboxylic acids is 1. The van der Waals surface area contributed by atoms with Crippen LogP contribution in [0.2, 0.25) is 0 Å². The first-order valence-corrected chi connectivity index (χ1v) is 9.28. The molecule has 0 spiro atoms. The van der Waals surface area contributed by atoms with Crippen LogP contribution in [0, 0.1) is 11.3 Å². The second-order valence-corrected chi connectivity index (χ2v) is 6.75. The number of nitrogens with zero attached hydrogens (tertiary/aromatic N) is 2. The normalized spacial score (nSPS) is 10.5. The summed E-state index contributed by atoms with van der Waals surface area (Å²) in [5.74, 6) is -1.04. The van der Waals surface area contributed by atoms with Crippen LogP contribution in [0.1, 0.15) is 16.1 Å². The molecule has 0 aliphatic carbocycles. The quantitative estimate of drug-likeness (QED) is 0.689. The van der Waals surface area contributed by atoms with Crippen molar-refractivity contribution in [3.63, 3.8) is 0 Å². The van der Waals surface area contributed by atoms with Gasteiger partial charge in [0.2, 0.25) is 0 Å². The molecule has 1 aromatic carbocycles. The lowest BCUT2D eigenvalue weighted by Gasteiger charge is -2.05. The number of rotatable bonds is 4. The highest BCUT2D eigenvalue weighted by molar-refractivity contribution is 7.98. The van der Waals surface area contributed by atoms with Crippen molar-refractivity contribution in [3.8, 4) is 28.3 Å². The maximum absolute atomic E-state index is 11.7. The van der Waals surface area contributed by atoms with Crippen LogP contribution in [0.4, 0.5) is 0 Å². The maximum atomic E-state index is 11.7. The van der Waals surface area contributed by atoms with E-state index >= 15 is 0 Å². The van der Waals surface area contributed by atoms with Gasteiger partial charge in [-0.1, -0.05) is 24.3 Å². The standard InChI is InChI=1S/C18H14N2O2S2/c1-20-16(18(21)22)15(14(9-19)17(20)23-2)12-5-3-11(4-6-12)13-7-8-24-10-13/h3-8,10H,1-2H3,(H,21,22). The molecule has 24 heavy (non-hydrogen) atoms. The molecule has 0 bridgehead atoms. The minimum Gasteiger partial charge on any atom is -0.477 e. The number of thioether (sulfide) groups is 1. The van der Waals surface area contributed by atoms with E-state index in [0.29, 0.717) is 16.2 Å². The number of aromatic carboxylic acids is 1. The van der Waals surface area contributed by atoms with Crippen LogP contribution in [0.5, 0.6) is 0 Å². The Morgan fingerprint density at radius 1 is 1.21 bits per heavy atom. The van der Waals surface area contributed by atoms with E-state index in [0.717, 1.165) is 16.7 Å². The number of thiophene rings is 1. The number of hydrogen-bond acceptors (Lipinski definition) is 4. The molecule has 0 radical (unpaired) electrons. The van der Waals surface area contributed by atoms with Gasteiger partial charge in [-0.15, -0.1) is 11.8 Å². The molecule has 0 saturated carbocycles. The zero-order valence-corrected chi connectivity index (χ0v) is 14.7. The van der Waals surface area contributed by atoms with Crippen LogP contribution in [0.25, 0.3) is 22.3 Å². The highest BCUT2D eigenvalue weighted by atomic mass is 32.2. The molecule has 0 aliphatic heterocycles. The average Bonchev–Trinajstić information content (AvgIpc) is 3.20. The number of benzene rings is 1. The smallest absolute Gasteiger partial charge is 0.353 e. The first kappa shape index (κ1) is 16.4. The fourth-order valence-corrected chi connectivity index (χ4v) is 4.18. The lowest BCUT2D eigenvalue weighted by molar-refractivity contribution is 0.0686. The molecule has 4 nitrogen and oxygen atoms in total. The van der Waals surface area contributed by atoms with Crippen LogP contribution in [0.15, 0.2) is 46.1 Å². The predicted octanol–water partition coefficient (Wildman–Crippen LogP) is 4.71. The van der Waals surface area contributed by atoms with Gasteiger partial charge in [-0.05, 0) is 39.8 Å². The lowest BCUT2D eigenvalue weighted by Crippen LogP contribution is -2.06. The topological polar surface area (TPSA) is 66.0 Å². The SMILES string of the molecule is CSc1c(C#N)c(-c2ccc(-c3ccsc3)cc2)c(C(=O)O)n1C. The zero-order valence-electron chi connectivity index (χ0n) is 13.1. The molecule has 0 atom stereocenters. The van der Waals surface area contributed by atoms with Gasteiger partial charge in [0.25, 0.3) is 0 Å². The first-order valence-electron chi connectivity index (χ1n) is 7.11. The van der Waals surface area contributed by atoms with E-state index in [9.17, 15) is 15.2 Å². The minimum atomic E-state index is -1.04. The van der Waals surface area contributed by atoms with Crippen molar-refractivity contribution in [2.75, 3.05) is 6.26 Å². The lowest BCUT2D eigenvalue weighted by atomic mass is 9.99. The third-order valence-electron chi connectivity index (χ3n) is 3.88. The van der Waals surface area contributed by atoms with Gasteiger partial charge in [0, 0.05) is 12.6 Å². The molecule has 0 saturated heterocycles. The Hall–Kier alpha value is -2.49. The van der Waals surface area contributed by atoms with Crippen molar-refractivity contribution in [1.29, 1.82) is 5.26 Å². The van der Waals surface area contributed by atoms with E-state index in [-0.39, 0.29) is 5.69 Å². The Balaban J connectivity index is 2.19. The number of hydrogen-bond donors (Lipinski definition) is 1. The van der Waals surface area contributed by atoms with E-state index in [4.69, 9.17) is 0 Å². The molecule has 0 unspecified atom stereocenters. The molecule has 2 aromatic heterocycles. The molecule has 0 fully saturated rings. The van der Waals surface area contributed by atoms with Crippen LogP contribution in [-0.2, 0) is 7.05 Å². The largest absolute Gasteiger partial charge is 0.477 e. The number of aromatic nitrogens is 1. The monoisotopic (exact) mass is 354 g/mol. The van der Waals surface area contributed by atoms with Gasteiger partial charge < -0.3 is 9.67 Å². The van der Waals surface area contributed by atoms with Crippen LogP contribution in [0.3, 0.4) is 0 Å². The van der Waals surface area contributed by atoms with E-state index in [1.807, 2.05) is 42.0 Å². The Morgan fingerprint density at radius 2 is 1.88 bits per heavy atom. The van der Waals surface area contributed by atoms with Crippen molar-refractivity contribution in [3.05, 3.63) is 52.3 Å². The second kappa shape index (κ2) is 6.56. The van der Waals surface area contributed by atoms with Gasteiger partial charge in [0.1, 0.15) is 11.8 Å². The van der Waals surface area contributed by atoms with Crippen molar-refractivity contribution in [2.24, 2.45) is 7.05 Å². The highest BCUT2D eigenvalue weighted by Gasteiger charge is 2.26. The minimum absolute atomic E-state index is 0.138. The summed E-state index contributed by atoms with van der Waals surface area (Å²) in [6.45, 7) is 0. The molecule has 6 heteroatoms. The summed E-state index contributed by atoms with van der Waals surface area (Å²) in [6, 6.07) is 11.9. The average molecular weight is 354 g/mol. The molecular formula is C18H14N2O2S2. The molecular weight excluding hydrogens is 340 g/mol. The summed E-state index contributed by atoms with van der Waals surface area (Å²) >= 11 is 3.00. The molecule has 3 aromatic rings. The van der Waals surface area contributed by atoms with Crippen molar-refractivity contribution < 1.29 is 9.90 Å². The zero-order chi connectivity index (χ0) is 17.3.